The highest BCUT2D eigenvalue weighted by molar-refractivity contribution is 6.30. The Hall–Kier alpha value is -1.77. The number of nitrogens with one attached hydrogen (secondary N) is 1. The quantitative estimate of drug-likeness (QED) is 0.712. The lowest BCUT2D eigenvalue weighted by Gasteiger charge is -2.13. The first-order valence-electron chi connectivity index (χ1n) is 7.10. The van der Waals surface area contributed by atoms with E-state index in [0.717, 1.165) is 28.3 Å². The van der Waals surface area contributed by atoms with Crippen molar-refractivity contribution in [2.75, 3.05) is 0 Å². The zero-order valence-corrected chi connectivity index (χ0v) is 12.9. The lowest BCUT2D eigenvalue weighted by molar-refractivity contribution is 0.450. The number of halogens is 1. The minimum atomic E-state index is 0.160. The molecular weight excluding hydrogens is 282 g/mol. The standard InChI is InChI=1S/C18H18ClNO/c1-12-9-16(19)8-7-15(12)11-20-13(2)18-10-14-5-3-4-6-17(14)21-18/h3-10,13,20H,11H2,1-2H3. The predicted octanol–water partition coefficient (Wildman–Crippen LogP) is 5.25. The van der Waals surface area contributed by atoms with Crippen LogP contribution in [0, 0.1) is 6.92 Å². The van der Waals surface area contributed by atoms with Gasteiger partial charge >= 0.3 is 0 Å². The fraction of sp³-hybridized carbons (Fsp3) is 0.222. The molecule has 2 nitrogen and oxygen atoms in total. The smallest absolute Gasteiger partial charge is 0.134 e. The van der Waals surface area contributed by atoms with Crippen molar-refractivity contribution < 1.29 is 4.42 Å². The summed E-state index contributed by atoms with van der Waals surface area (Å²) in [6.07, 6.45) is 0. The van der Waals surface area contributed by atoms with E-state index < -0.39 is 0 Å². The molecule has 0 saturated heterocycles. The third kappa shape index (κ3) is 3.12. The molecule has 3 heteroatoms. The number of hydrogen-bond donors (Lipinski definition) is 1. The molecular formula is C18H18ClNO. The summed E-state index contributed by atoms with van der Waals surface area (Å²) in [4.78, 5) is 0. The van der Waals surface area contributed by atoms with Gasteiger partial charge in [-0.2, -0.15) is 0 Å². The van der Waals surface area contributed by atoms with E-state index in [1.807, 2.05) is 30.3 Å². The van der Waals surface area contributed by atoms with Crippen LogP contribution in [0.1, 0.15) is 29.9 Å². The van der Waals surface area contributed by atoms with Gasteiger partial charge in [-0.25, -0.2) is 0 Å². The molecule has 108 valence electrons. The van der Waals surface area contributed by atoms with Gasteiger partial charge in [0, 0.05) is 17.0 Å². The van der Waals surface area contributed by atoms with Crippen molar-refractivity contribution in [3.05, 3.63) is 70.4 Å². The minimum absolute atomic E-state index is 0.160. The topological polar surface area (TPSA) is 25.2 Å². The van der Waals surface area contributed by atoms with Crippen molar-refractivity contribution in [1.82, 2.24) is 5.32 Å². The average Bonchev–Trinajstić information content (AvgIpc) is 2.90. The Morgan fingerprint density at radius 1 is 1.14 bits per heavy atom. The Bertz CT molecular complexity index is 730. The molecule has 1 unspecified atom stereocenters. The summed E-state index contributed by atoms with van der Waals surface area (Å²) < 4.78 is 5.88. The van der Waals surface area contributed by atoms with E-state index in [9.17, 15) is 0 Å². The Morgan fingerprint density at radius 3 is 2.71 bits per heavy atom. The van der Waals surface area contributed by atoms with Gasteiger partial charge in [0.25, 0.3) is 0 Å². The van der Waals surface area contributed by atoms with Gasteiger partial charge in [-0.15, -0.1) is 0 Å². The number of benzene rings is 2. The van der Waals surface area contributed by atoms with Crippen LogP contribution in [0.3, 0.4) is 0 Å². The van der Waals surface area contributed by atoms with Crippen LogP contribution in [0.25, 0.3) is 11.0 Å². The average molecular weight is 300 g/mol. The van der Waals surface area contributed by atoms with Gasteiger partial charge in [0.05, 0.1) is 6.04 Å². The lowest BCUT2D eigenvalue weighted by Crippen LogP contribution is -2.18. The first-order chi connectivity index (χ1) is 10.1. The van der Waals surface area contributed by atoms with Gasteiger partial charge in [-0.05, 0) is 49.2 Å². The van der Waals surface area contributed by atoms with E-state index in [0.29, 0.717) is 0 Å². The summed E-state index contributed by atoms with van der Waals surface area (Å²) in [5.41, 5.74) is 3.39. The maximum atomic E-state index is 5.99. The van der Waals surface area contributed by atoms with Crippen LogP contribution >= 0.6 is 11.6 Å². The van der Waals surface area contributed by atoms with Gasteiger partial charge < -0.3 is 9.73 Å². The van der Waals surface area contributed by atoms with E-state index in [4.69, 9.17) is 16.0 Å². The lowest BCUT2D eigenvalue weighted by atomic mass is 10.1. The van der Waals surface area contributed by atoms with Crippen LogP contribution in [0.5, 0.6) is 0 Å². The largest absolute Gasteiger partial charge is 0.459 e. The number of rotatable bonds is 4. The van der Waals surface area contributed by atoms with Crippen molar-refractivity contribution in [2.24, 2.45) is 0 Å². The Kier molecular flexibility index (Phi) is 4.00. The second-order valence-electron chi connectivity index (χ2n) is 5.36. The summed E-state index contributed by atoms with van der Waals surface area (Å²) in [5, 5.41) is 5.42. The van der Waals surface area contributed by atoms with Gasteiger partial charge in [-0.3, -0.25) is 0 Å². The number of para-hydroxylation sites is 1. The van der Waals surface area contributed by atoms with Crippen LogP contribution in [0.15, 0.2) is 52.9 Å². The number of hydrogen-bond acceptors (Lipinski definition) is 2. The van der Waals surface area contributed by atoms with E-state index in [-0.39, 0.29) is 6.04 Å². The summed E-state index contributed by atoms with van der Waals surface area (Å²) in [5.74, 6) is 0.961. The Balaban J connectivity index is 1.72. The minimum Gasteiger partial charge on any atom is -0.459 e. The zero-order chi connectivity index (χ0) is 14.8. The Labute approximate surface area is 129 Å². The van der Waals surface area contributed by atoms with E-state index in [2.05, 4.69) is 37.4 Å². The highest BCUT2D eigenvalue weighted by Crippen LogP contribution is 2.24. The predicted molar refractivity (Wildman–Crippen MR) is 87.7 cm³/mol. The van der Waals surface area contributed by atoms with E-state index in [1.54, 1.807) is 0 Å². The molecule has 0 bridgehead atoms. The molecule has 21 heavy (non-hydrogen) atoms. The molecule has 0 amide bonds. The third-order valence-electron chi connectivity index (χ3n) is 3.77. The van der Waals surface area contributed by atoms with Crippen molar-refractivity contribution in [3.8, 4) is 0 Å². The van der Waals surface area contributed by atoms with Crippen LogP contribution in [-0.4, -0.2) is 0 Å². The van der Waals surface area contributed by atoms with Crippen molar-refractivity contribution in [3.63, 3.8) is 0 Å². The SMILES string of the molecule is Cc1cc(Cl)ccc1CNC(C)c1cc2ccccc2o1. The fourth-order valence-corrected chi connectivity index (χ4v) is 2.66. The molecule has 0 radical (unpaired) electrons. The number of fused-ring (bicyclic) bond motifs is 1. The molecule has 1 atom stereocenters. The van der Waals surface area contributed by atoms with Gasteiger partial charge in [0.1, 0.15) is 11.3 Å². The second kappa shape index (κ2) is 5.92. The third-order valence-corrected chi connectivity index (χ3v) is 4.01. The molecule has 3 aromatic rings. The van der Waals surface area contributed by atoms with Crippen molar-refractivity contribution in [2.45, 2.75) is 26.4 Å². The van der Waals surface area contributed by atoms with Crippen molar-refractivity contribution in [1.29, 1.82) is 0 Å². The molecule has 1 N–H and O–H groups in total. The van der Waals surface area contributed by atoms with Crippen LogP contribution in [-0.2, 0) is 6.54 Å². The molecule has 0 saturated carbocycles. The maximum Gasteiger partial charge on any atom is 0.134 e. The van der Waals surface area contributed by atoms with Crippen LogP contribution in [0.2, 0.25) is 5.02 Å². The monoisotopic (exact) mass is 299 g/mol. The zero-order valence-electron chi connectivity index (χ0n) is 12.2. The van der Waals surface area contributed by atoms with Gasteiger partial charge in [0.2, 0.25) is 0 Å². The van der Waals surface area contributed by atoms with Gasteiger partial charge in [0.15, 0.2) is 0 Å². The second-order valence-corrected chi connectivity index (χ2v) is 5.80. The maximum absolute atomic E-state index is 5.99. The van der Waals surface area contributed by atoms with E-state index in [1.165, 1.54) is 11.1 Å². The summed E-state index contributed by atoms with van der Waals surface area (Å²) in [6.45, 7) is 4.99. The summed E-state index contributed by atoms with van der Waals surface area (Å²) in [7, 11) is 0. The molecule has 1 aromatic heterocycles. The van der Waals surface area contributed by atoms with Crippen molar-refractivity contribution >= 4 is 22.6 Å². The molecule has 1 heterocycles. The van der Waals surface area contributed by atoms with Gasteiger partial charge in [-0.1, -0.05) is 35.9 Å². The number of aryl methyl sites for hydroxylation is 1. The fourth-order valence-electron chi connectivity index (χ4n) is 2.44. The molecule has 0 aliphatic carbocycles. The summed E-state index contributed by atoms with van der Waals surface area (Å²) in [6, 6.07) is 16.3. The highest BCUT2D eigenvalue weighted by Gasteiger charge is 2.11. The Morgan fingerprint density at radius 2 is 1.95 bits per heavy atom. The molecule has 3 rings (SSSR count). The molecule has 0 fully saturated rings. The molecule has 0 spiro atoms. The normalized spacial score (nSPS) is 12.7. The molecule has 2 aromatic carbocycles. The van der Waals surface area contributed by atoms with Crippen LogP contribution in [0.4, 0.5) is 0 Å². The summed E-state index contributed by atoms with van der Waals surface area (Å²) >= 11 is 5.99. The van der Waals surface area contributed by atoms with E-state index >= 15 is 0 Å². The number of furan rings is 1. The molecule has 0 aliphatic heterocycles. The first kappa shape index (κ1) is 14.2. The highest BCUT2D eigenvalue weighted by atomic mass is 35.5. The first-order valence-corrected chi connectivity index (χ1v) is 7.48. The molecule has 0 aliphatic rings. The van der Waals surface area contributed by atoms with Crippen LogP contribution < -0.4 is 5.32 Å².